The molecule has 0 saturated carbocycles. The molecule has 6 nitrogen and oxygen atoms in total. The Labute approximate surface area is 211 Å². The highest BCUT2D eigenvalue weighted by Crippen LogP contribution is 2.27. The number of aryl methyl sites for hydroxylation is 2. The molecule has 3 aromatic carbocycles. The van der Waals surface area contributed by atoms with Crippen LogP contribution in [-0.4, -0.2) is 35.7 Å². The Morgan fingerprint density at radius 3 is 2.44 bits per heavy atom. The molecule has 5 rings (SSSR count). The number of nitrogens with one attached hydrogen (secondary N) is 1. The molecule has 184 valence electrons. The second-order valence-electron chi connectivity index (χ2n) is 9.80. The molecule has 0 spiro atoms. The number of anilines is 2. The van der Waals surface area contributed by atoms with E-state index in [4.69, 9.17) is 0 Å². The number of amides is 3. The van der Waals surface area contributed by atoms with Crippen molar-refractivity contribution in [3.8, 4) is 0 Å². The van der Waals surface area contributed by atoms with E-state index < -0.39 is 0 Å². The first kappa shape index (κ1) is 23.8. The van der Waals surface area contributed by atoms with Gasteiger partial charge in [0.1, 0.15) is 0 Å². The van der Waals surface area contributed by atoms with Gasteiger partial charge in [0, 0.05) is 37.4 Å². The van der Waals surface area contributed by atoms with Gasteiger partial charge in [0.05, 0.1) is 12.3 Å². The molecule has 1 N–H and O–H groups in total. The van der Waals surface area contributed by atoms with Crippen molar-refractivity contribution >= 4 is 29.1 Å². The van der Waals surface area contributed by atoms with Crippen molar-refractivity contribution in [3.05, 3.63) is 95.1 Å². The monoisotopic (exact) mass is 481 g/mol. The van der Waals surface area contributed by atoms with Crippen LogP contribution < -0.4 is 10.2 Å². The molecule has 2 heterocycles. The Hall–Kier alpha value is -3.93. The van der Waals surface area contributed by atoms with Crippen LogP contribution in [0.2, 0.25) is 0 Å². The minimum absolute atomic E-state index is 0.00358. The van der Waals surface area contributed by atoms with Crippen molar-refractivity contribution in [1.29, 1.82) is 0 Å². The first-order valence-electron chi connectivity index (χ1n) is 12.6. The van der Waals surface area contributed by atoms with Crippen LogP contribution in [0.1, 0.15) is 35.1 Å². The summed E-state index contributed by atoms with van der Waals surface area (Å²) in [5, 5.41) is 2.94. The maximum absolute atomic E-state index is 13.0. The van der Waals surface area contributed by atoms with Gasteiger partial charge < -0.3 is 15.1 Å². The van der Waals surface area contributed by atoms with E-state index in [-0.39, 0.29) is 30.1 Å². The average molecular weight is 482 g/mol. The van der Waals surface area contributed by atoms with Gasteiger partial charge in [-0.2, -0.15) is 0 Å². The molecule has 2 aliphatic heterocycles. The van der Waals surface area contributed by atoms with E-state index in [1.807, 2.05) is 78.6 Å². The zero-order chi connectivity index (χ0) is 25.1. The quantitative estimate of drug-likeness (QED) is 0.564. The van der Waals surface area contributed by atoms with E-state index in [0.717, 1.165) is 36.2 Å². The van der Waals surface area contributed by atoms with E-state index in [2.05, 4.69) is 11.4 Å². The van der Waals surface area contributed by atoms with Crippen molar-refractivity contribution in [3.63, 3.8) is 0 Å². The number of hydrogen-bond acceptors (Lipinski definition) is 3. The third-order valence-corrected chi connectivity index (χ3v) is 7.07. The van der Waals surface area contributed by atoms with Crippen LogP contribution in [0.3, 0.4) is 0 Å². The summed E-state index contributed by atoms with van der Waals surface area (Å²) < 4.78 is 0. The number of carbonyl (C=O) groups is 3. The minimum Gasteiger partial charge on any atom is -0.338 e. The largest absolute Gasteiger partial charge is 0.338 e. The van der Waals surface area contributed by atoms with Gasteiger partial charge in [0.15, 0.2) is 0 Å². The molecular formula is C30H31N3O3. The highest BCUT2D eigenvalue weighted by atomic mass is 16.2. The van der Waals surface area contributed by atoms with Gasteiger partial charge >= 0.3 is 0 Å². The number of benzene rings is 3. The Balaban J connectivity index is 1.15. The fourth-order valence-electron chi connectivity index (χ4n) is 5.03. The molecule has 6 heteroatoms. The number of likely N-dealkylation sites (tertiary alicyclic amines) is 1. The minimum atomic E-state index is -0.372. The van der Waals surface area contributed by atoms with Gasteiger partial charge in [-0.15, -0.1) is 0 Å². The van der Waals surface area contributed by atoms with Crippen LogP contribution >= 0.6 is 0 Å². The molecule has 36 heavy (non-hydrogen) atoms. The molecular weight excluding hydrogens is 450 g/mol. The molecule has 0 radical (unpaired) electrons. The van der Waals surface area contributed by atoms with Gasteiger partial charge in [-0.05, 0) is 54.7 Å². The molecule has 3 aromatic rings. The van der Waals surface area contributed by atoms with E-state index in [1.165, 1.54) is 11.1 Å². The van der Waals surface area contributed by atoms with Crippen LogP contribution in [0, 0.1) is 12.8 Å². The number of carbonyl (C=O) groups excluding carboxylic acids is 3. The molecule has 1 atom stereocenters. The van der Waals surface area contributed by atoms with Gasteiger partial charge in [-0.3, -0.25) is 14.4 Å². The molecule has 1 fully saturated rings. The highest BCUT2D eigenvalue weighted by molar-refractivity contribution is 5.98. The van der Waals surface area contributed by atoms with E-state index >= 15 is 0 Å². The number of rotatable bonds is 6. The normalized spacial score (nSPS) is 17.1. The van der Waals surface area contributed by atoms with Crippen LogP contribution in [0.25, 0.3) is 0 Å². The Bertz CT molecular complexity index is 1270. The van der Waals surface area contributed by atoms with Crippen molar-refractivity contribution < 1.29 is 14.4 Å². The Kier molecular flexibility index (Phi) is 6.85. The lowest BCUT2D eigenvalue weighted by Crippen LogP contribution is -2.36. The fourth-order valence-corrected chi connectivity index (χ4v) is 5.03. The third-order valence-electron chi connectivity index (χ3n) is 7.07. The van der Waals surface area contributed by atoms with Crippen molar-refractivity contribution in [2.75, 3.05) is 23.3 Å². The van der Waals surface area contributed by atoms with Crippen LogP contribution in [0.5, 0.6) is 0 Å². The van der Waals surface area contributed by atoms with Crippen molar-refractivity contribution in [1.82, 2.24) is 4.90 Å². The topological polar surface area (TPSA) is 69.7 Å². The summed E-state index contributed by atoms with van der Waals surface area (Å²) in [7, 11) is 0. The summed E-state index contributed by atoms with van der Waals surface area (Å²) in [6.45, 7) is 3.71. The maximum atomic E-state index is 13.0. The second-order valence-corrected chi connectivity index (χ2v) is 9.80. The first-order valence-corrected chi connectivity index (χ1v) is 12.6. The van der Waals surface area contributed by atoms with Gasteiger partial charge in [0.25, 0.3) is 0 Å². The maximum Gasteiger partial charge on any atom is 0.231 e. The second kappa shape index (κ2) is 10.4. The molecule has 1 unspecified atom stereocenters. The van der Waals surface area contributed by atoms with E-state index in [0.29, 0.717) is 25.2 Å². The molecule has 0 bridgehead atoms. The summed E-state index contributed by atoms with van der Waals surface area (Å²) in [4.78, 5) is 41.9. The fraction of sp³-hybridized carbons (Fsp3) is 0.300. The van der Waals surface area contributed by atoms with E-state index in [9.17, 15) is 14.4 Å². The molecule has 1 saturated heterocycles. The lowest BCUT2D eigenvalue weighted by Gasteiger charge is -2.29. The molecule has 0 aliphatic carbocycles. The predicted molar refractivity (Wildman–Crippen MR) is 141 cm³/mol. The first-order chi connectivity index (χ1) is 17.5. The summed E-state index contributed by atoms with van der Waals surface area (Å²) in [5.41, 5.74) is 6.05. The zero-order valence-corrected chi connectivity index (χ0v) is 20.6. The smallest absolute Gasteiger partial charge is 0.231 e. The van der Waals surface area contributed by atoms with Crippen LogP contribution in [-0.2, 0) is 33.8 Å². The standard InChI is InChI=1S/C30H31N3O3/c1-21-8-10-23(11-9-21)19-32-20-25(18-28(32)34)30(36)31-26-14-12-22(13-15-26)17-29(35)33-16-4-6-24-5-2-3-7-27(24)33/h2-3,5,7-15,25H,4,6,16-20H2,1H3,(H,31,36). The van der Waals surface area contributed by atoms with Gasteiger partial charge in [0.2, 0.25) is 17.7 Å². The predicted octanol–water partition coefficient (Wildman–Crippen LogP) is 4.50. The summed E-state index contributed by atoms with van der Waals surface area (Å²) in [5.74, 6) is -0.437. The molecule has 3 amide bonds. The molecule has 2 aliphatic rings. The SMILES string of the molecule is Cc1ccc(CN2CC(C(=O)Nc3ccc(CC(=O)N4CCCc5ccccc54)cc3)CC2=O)cc1. The van der Waals surface area contributed by atoms with Gasteiger partial charge in [-0.25, -0.2) is 0 Å². The van der Waals surface area contributed by atoms with Crippen molar-refractivity contribution in [2.45, 2.75) is 39.2 Å². The Morgan fingerprint density at radius 1 is 0.944 bits per heavy atom. The number of fused-ring (bicyclic) bond motifs is 1. The molecule has 0 aromatic heterocycles. The number of hydrogen-bond donors (Lipinski definition) is 1. The van der Waals surface area contributed by atoms with E-state index in [1.54, 1.807) is 4.90 Å². The highest BCUT2D eigenvalue weighted by Gasteiger charge is 2.34. The average Bonchev–Trinajstić information content (AvgIpc) is 3.26. The summed E-state index contributed by atoms with van der Waals surface area (Å²) in [6, 6.07) is 23.6. The van der Waals surface area contributed by atoms with Crippen LogP contribution in [0.15, 0.2) is 72.8 Å². The van der Waals surface area contributed by atoms with Crippen LogP contribution in [0.4, 0.5) is 11.4 Å². The number of nitrogens with zero attached hydrogens (tertiary/aromatic N) is 2. The third kappa shape index (κ3) is 5.33. The lowest BCUT2D eigenvalue weighted by atomic mass is 10.0. The van der Waals surface area contributed by atoms with Gasteiger partial charge in [-0.1, -0.05) is 60.2 Å². The lowest BCUT2D eigenvalue weighted by molar-refractivity contribution is -0.128. The van der Waals surface area contributed by atoms with Crippen molar-refractivity contribution in [2.24, 2.45) is 5.92 Å². The summed E-state index contributed by atoms with van der Waals surface area (Å²) in [6.07, 6.45) is 2.51. The number of para-hydroxylation sites is 1. The Morgan fingerprint density at radius 2 is 1.67 bits per heavy atom. The summed E-state index contributed by atoms with van der Waals surface area (Å²) >= 11 is 0. The zero-order valence-electron chi connectivity index (χ0n) is 20.6.